The molecule has 0 radical (unpaired) electrons. The zero-order chi connectivity index (χ0) is 16.1. The largest absolute Gasteiger partial charge is 0.381 e. The summed E-state index contributed by atoms with van der Waals surface area (Å²) in [5.41, 5.74) is 1.86. The predicted octanol–water partition coefficient (Wildman–Crippen LogP) is 2.48. The molecule has 1 aromatic heterocycles. The highest BCUT2D eigenvalue weighted by molar-refractivity contribution is 5.89. The first kappa shape index (κ1) is 15.6. The molecule has 1 aliphatic rings. The maximum Gasteiger partial charge on any atom is 0.319 e. The third kappa shape index (κ3) is 4.32. The number of carbonyl (C=O) groups is 1. The van der Waals surface area contributed by atoms with E-state index in [0.29, 0.717) is 18.2 Å². The number of aromatic nitrogens is 2. The van der Waals surface area contributed by atoms with E-state index in [1.807, 2.05) is 43.5 Å². The molecule has 0 aliphatic carbocycles. The van der Waals surface area contributed by atoms with E-state index in [1.165, 1.54) is 5.56 Å². The van der Waals surface area contributed by atoms with Crippen LogP contribution in [0, 0.1) is 5.92 Å². The van der Waals surface area contributed by atoms with Gasteiger partial charge in [-0.3, -0.25) is 4.68 Å². The van der Waals surface area contributed by atoms with Gasteiger partial charge in [0.2, 0.25) is 0 Å². The lowest BCUT2D eigenvalue weighted by molar-refractivity contribution is 0.178. The molecule has 1 aliphatic heterocycles. The number of carbonyl (C=O) groups excluding carboxylic acids is 1. The van der Waals surface area contributed by atoms with Crippen LogP contribution in [0.5, 0.6) is 0 Å². The normalized spacial score (nSPS) is 18.6. The van der Waals surface area contributed by atoms with Crippen LogP contribution in [0.2, 0.25) is 0 Å². The Labute approximate surface area is 135 Å². The van der Waals surface area contributed by atoms with Crippen molar-refractivity contribution in [1.29, 1.82) is 0 Å². The second-order valence-electron chi connectivity index (χ2n) is 5.92. The zero-order valence-corrected chi connectivity index (χ0v) is 13.2. The molecule has 2 N–H and O–H groups in total. The Morgan fingerprint density at radius 2 is 2.26 bits per heavy atom. The molecule has 1 fully saturated rings. The second kappa shape index (κ2) is 7.28. The monoisotopic (exact) mass is 314 g/mol. The van der Waals surface area contributed by atoms with Crippen LogP contribution in [0.1, 0.15) is 18.9 Å². The summed E-state index contributed by atoms with van der Waals surface area (Å²) in [5.74, 6) is 0.390. The highest BCUT2D eigenvalue weighted by atomic mass is 16.5. The molecule has 1 aromatic carbocycles. The number of ether oxygens (including phenoxy) is 1. The van der Waals surface area contributed by atoms with Crippen LogP contribution >= 0.6 is 0 Å². The Morgan fingerprint density at radius 1 is 1.43 bits per heavy atom. The lowest BCUT2D eigenvalue weighted by Gasteiger charge is -2.19. The molecule has 23 heavy (non-hydrogen) atoms. The van der Waals surface area contributed by atoms with Gasteiger partial charge in [-0.2, -0.15) is 5.10 Å². The minimum Gasteiger partial charge on any atom is -0.381 e. The van der Waals surface area contributed by atoms with Crippen molar-refractivity contribution in [3.63, 3.8) is 0 Å². The van der Waals surface area contributed by atoms with Gasteiger partial charge < -0.3 is 15.4 Å². The van der Waals surface area contributed by atoms with Crippen molar-refractivity contribution in [1.82, 2.24) is 15.1 Å². The third-order valence-corrected chi connectivity index (χ3v) is 4.11. The summed E-state index contributed by atoms with van der Waals surface area (Å²) < 4.78 is 7.16. The van der Waals surface area contributed by atoms with Gasteiger partial charge in [0.25, 0.3) is 0 Å². The first-order chi connectivity index (χ1) is 11.2. The fourth-order valence-corrected chi connectivity index (χ4v) is 2.72. The van der Waals surface area contributed by atoms with Gasteiger partial charge in [0.1, 0.15) is 0 Å². The Hall–Kier alpha value is -2.34. The summed E-state index contributed by atoms with van der Waals surface area (Å²) in [7, 11) is 0. The van der Waals surface area contributed by atoms with Crippen molar-refractivity contribution in [2.24, 2.45) is 5.92 Å². The van der Waals surface area contributed by atoms with Gasteiger partial charge in [0.15, 0.2) is 0 Å². The average molecular weight is 314 g/mol. The van der Waals surface area contributed by atoms with E-state index >= 15 is 0 Å². The molecule has 2 aromatic rings. The minimum atomic E-state index is -0.205. The molecule has 0 unspecified atom stereocenters. The minimum absolute atomic E-state index is 0.0943. The van der Waals surface area contributed by atoms with Gasteiger partial charge in [-0.15, -0.1) is 0 Å². The molecule has 2 heterocycles. The van der Waals surface area contributed by atoms with Gasteiger partial charge in [0, 0.05) is 24.8 Å². The van der Waals surface area contributed by atoms with Crippen molar-refractivity contribution >= 4 is 11.7 Å². The SMILES string of the molecule is C[C@@H](NC(=O)Nc1cnn(Cc2ccccc2)c1)[C@H]1CCOC1. The smallest absolute Gasteiger partial charge is 0.319 e. The van der Waals surface area contributed by atoms with E-state index in [1.54, 1.807) is 10.9 Å². The van der Waals surface area contributed by atoms with Crippen molar-refractivity contribution in [2.75, 3.05) is 18.5 Å². The average Bonchev–Trinajstić information content (AvgIpc) is 3.20. The van der Waals surface area contributed by atoms with Gasteiger partial charge in [-0.1, -0.05) is 30.3 Å². The molecule has 0 saturated carbocycles. The van der Waals surface area contributed by atoms with E-state index in [0.717, 1.165) is 19.6 Å². The number of nitrogens with zero attached hydrogens (tertiary/aromatic N) is 2. The quantitative estimate of drug-likeness (QED) is 0.891. The number of amides is 2. The number of anilines is 1. The van der Waals surface area contributed by atoms with Crippen LogP contribution in [0.4, 0.5) is 10.5 Å². The Kier molecular flexibility index (Phi) is 4.92. The molecule has 1 saturated heterocycles. The van der Waals surface area contributed by atoms with E-state index in [4.69, 9.17) is 4.74 Å². The van der Waals surface area contributed by atoms with Crippen molar-refractivity contribution in [2.45, 2.75) is 25.9 Å². The molecule has 122 valence electrons. The summed E-state index contributed by atoms with van der Waals surface area (Å²) in [4.78, 5) is 12.0. The topological polar surface area (TPSA) is 68.2 Å². The van der Waals surface area contributed by atoms with Crippen LogP contribution < -0.4 is 10.6 Å². The van der Waals surface area contributed by atoms with Gasteiger partial charge in [-0.05, 0) is 18.9 Å². The lowest BCUT2D eigenvalue weighted by atomic mass is 10.0. The van der Waals surface area contributed by atoms with Crippen molar-refractivity contribution < 1.29 is 9.53 Å². The summed E-state index contributed by atoms with van der Waals surface area (Å²) >= 11 is 0. The number of benzene rings is 1. The molecular weight excluding hydrogens is 292 g/mol. The molecule has 0 bridgehead atoms. The highest BCUT2D eigenvalue weighted by Crippen LogP contribution is 2.16. The Morgan fingerprint density at radius 3 is 3.00 bits per heavy atom. The Bertz CT molecular complexity index is 635. The fourth-order valence-electron chi connectivity index (χ4n) is 2.72. The fraction of sp³-hybridized carbons (Fsp3) is 0.412. The van der Waals surface area contributed by atoms with Gasteiger partial charge in [0.05, 0.1) is 25.0 Å². The van der Waals surface area contributed by atoms with Gasteiger partial charge >= 0.3 is 6.03 Å². The maximum atomic E-state index is 12.0. The molecule has 0 spiro atoms. The number of nitrogens with one attached hydrogen (secondary N) is 2. The maximum absolute atomic E-state index is 12.0. The predicted molar refractivity (Wildman–Crippen MR) is 88.3 cm³/mol. The zero-order valence-electron chi connectivity index (χ0n) is 13.2. The standard InChI is InChI=1S/C17H22N4O2/c1-13(15-7-8-23-12-15)19-17(22)20-16-9-18-21(11-16)10-14-5-3-2-4-6-14/h2-6,9,11,13,15H,7-8,10,12H2,1H3,(H2,19,20,22)/t13-,15+/m1/s1. The van der Waals surface area contributed by atoms with E-state index in [2.05, 4.69) is 15.7 Å². The molecule has 6 nitrogen and oxygen atoms in total. The second-order valence-corrected chi connectivity index (χ2v) is 5.92. The number of hydrogen-bond donors (Lipinski definition) is 2. The summed E-state index contributed by atoms with van der Waals surface area (Å²) in [6, 6.07) is 9.97. The van der Waals surface area contributed by atoms with E-state index in [9.17, 15) is 4.79 Å². The van der Waals surface area contributed by atoms with E-state index < -0.39 is 0 Å². The van der Waals surface area contributed by atoms with Crippen LogP contribution in [0.15, 0.2) is 42.7 Å². The van der Waals surface area contributed by atoms with Crippen LogP contribution in [0.25, 0.3) is 0 Å². The first-order valence-corrected chi connectivity index (χ1v) is 7.92. The summed E-state index contributed by atoms with van der Waals surface area (Å²) in [6.07, 6.45) is 4.48. The first-order valence-electron chi connectivity index (χ1n) is 7.92. The third-order valence-electron chi connectivity index (χ3n) is 4.11. The summed E-state index contributed by atoms with van der Waals surface area (Å²) in [6.45, 7) is 4.19. The molecule has 6 heteroatoms. The number of rotatable bonds is 5. The molecule has 2 atom stereocenters. The van der Waals surface area contributed by atoms with Crippen molar-refractivity contribution in [3.05, 3.63) is 48.3 Å². The van der Waals surface area contributed by atoms with Crippen LogP contribution in [-0.4, -0.2) is 35.1 Å². The number of urea groups is 1. The molecular formula is C17H22N4O2. The van der Waals surface area contributed by atoms with Crippen molar-refractivity contribution in [3.8, 4) is 0 Å². The Balaban J connectivity index is 1.51. The summed E-state index contributed by atoms with van der Waals surface area (Å²) in [5, 5.41) is 10.1. The van der Waals surface area contributed by atoms with Gasteiger partial charge in [-0.25, -0.2) is 4.79 Å². The molecule has 2 amide bonds. The lowest BCUT2D eigenvalue weighted by Crippen LogP contribution is -2.40. The number of hydrogen-bond acceptors (Lipinski definition) is 3. The van der Waals surface area contributed by atoms with Crippen LogP contribution in [0.3, 0.4) is 0 Å². The highest BCUT2D eigenvalue weighted by Gasteiger charge is 2.23. The van der Waals surface area contributed by atoms with E-state index in [-0.39, 0.29) is 12.1 Å². The molecule has 3 rings (SSSR count). The van der Waals surface area contributed by atoms with Crippen LogP contribution in [-0.2, 0) is 11.3 Å².